The highest BCUT2D eigenvalue weighted by Crippen LogP contribution is 2.36. The molecule has 106 valence electrons. The van der Waals surface area contributed by atoms with Gasteiger partial charge in [0.25, 0.3) is 0 Å². The smallest absolute Gasteiger partial charge is 0.144 e. The molecule has 0 bridgehead atoms. The van der Waals surface area contributed by atoms with E-state index in [9.17, 15) is 0 Å². The maximum atomic E-state index is 6.37. The summed E-state index contributed by atoms with van der Waals surface area (Å²) in [7, 11) is 0. The maximum absolute atomic E-state index is 6.37. The van der Waals surface area contributed by atoms with E-state index in [0.29, 0.717) is 6.10 Å². The predicted octanol–water partition coefficient (Wildman–Crippen LogP) is 3.32. The van der Waals surface area contributed by atoms with Crippen molar-refractivity contribution in [1.29, 1.82) is 0 Å². The lowest BCUT2D eigenvalue weighted by Crippen LogP contribution is -2.34. The molecule has 0 aliphatic carbocycles. The number of halogens is 1. The standard InChI is InChI=1S/C15H23ClN2O/c1-3-18(4-2)15-13(16)6-5-7-14(15)19-12-8-10-17-11-9-12/h5-7,12,17H,3-4,8-11H2,1-2H3. The van der Waals surface area contributed by atoms with Crippen molar-refractivity contribution in [3.8, 4) is 5.75 Å². The summed E-state index contributed by atoms with van der Waals surface area (Å²) in [6.45, 7) is 8.21. The van der Waals surface area contributed by atoms with Crippen LogP contribution in [0.15, 0.2) is 18.2 Å². The molecule has 1 N–H and O–H groups in total. The number of piperidine rings is 1. The monoisotopic (exact) mass is 282 g/mol. The number of hydrogen-bond acceptors (Lipinski definition) is 3. The van der Waals surface area contributed by atoms with Gasteiger partial charge in [-0.05, 0) is 51.9 Å². The van der Waals surface area contributed by atoms with E-state index in [4.69, 9.17) is 16.3 Å². The number of rotatable bonds is 5. The van der Waals surface area contributed by atoms with Crippen molar-refractivity contribution in [2.24, 2.45) is 0 Å². The Kier molecular flexibility index (Phi) is 5.34. The van der Waals surface area contributed by atoms with E-state index < -0.39 is 0 Å². The van der Waals surface area contributed by atoms with Gasteiger partial charge in [0.2, 0.25) is 0 Å². The molecule has 1 aliphatic heterocycles. The van der Waals surface area contributed by atoms with Gasteiger partial charge in [-0.3, -0.25) is 0 Å². The fraction of sp³-hybridized carbons (Fsp3) is 0.600. The highest BCUT2D eigenvalue weighted by atomic mass is 35.5. The van der Waals surface area contributed by atoms with Gasteiger partial charge in [-0.1, -0.05) is 17.7 Å². The topological polar surface area (TPSA) is 24.5 Å². The third kappa shape index (κ3) is 3.54. The number of hydrogen-bond donors (Lipinski definition) is 1. The summed E-state index contributed by atoms with van der Waals surface area (Å²) in [6.07, 6.45) is 2.42. The Morgan fingerprint density at radius 3 is 2.58 bits per heavy atom. The van der Waals surface area contributed by atoms with Gasteiger partial charge in [0, 0.05) is 13.1 Å². The molecule has 0 atom stereocenters. The molecule has 1 aromatic rings. The molecule has 0 amide bonds. The average molecular weight is 283 g/mol. The van der Waals surface area contributed by atoms with Crippen LogP contribution in [0.4, 0.5) is 5.69 Å². The molecule has 1 aliphatic rings. The van der Waals surface area contributed by atoms with E-state index >= 15 is 0 Å². The van der Waals surface area contributed by atoms with Crippen molar-refractivity contribution in [1.82, 2.24) is 5.32 Å². The second-order valence-corrected chi connectivity index (χ2v) is 5.23. The number of nitrogens with one attached hydrogen (secondary N) is 1. The molecule has 1 fully saturated rings. The van der Waals surface area contributed by atoms with Crippen molar-refractivity contribution in [3.05, 3.63) is 23.2 Å². The minimum atomic E-state index is 0.300. The van der Waals surface area contributed by atoms with Crippen molar-refractivity contribution in [2.75, 3.05) is 31.1 Å². The minimum Gasteiger partial charge on any atom is -0.488 e. The number of anilines is 1. The molecule has 0 unspecified atom stereocenters. The Bertz CT molecular complexity index is 401. The molecule has 4 heteroatoms. The molecule has 2 rings (SSSR count). The van der Waals surface area contributed by atoms with E-state index in [1.165, 1.54) is 0 Å². The Hall–Kier alpha value is -0.930. The number of para-hydroxylation sites is 1. The lowest BCUT2D eigenvalue weighted by molar-refractivity contribution is 0.163. The summed E-state index contributed by atoms with van der Waals surface area (Å²) in [5, 5.41) is 4.13. The van der Waals surface area contributed by atoms with Crippen LogP contribution in [0.3, 0.4) is 0 Å². The third-order valence-corrected chi connectivity index (χ3v) is 3.91. The van der Waals surface area contributed by atoms with Gasteiger partial charge >= 0.3 is 0 Å². The van der Waals surface area contributed by atoms with Gasteiger partial charge in [-0.2, -0.15) is 0 Å². The van der Waals surface area contributed by atoms with Gasteiger partial charge < -0.3 is 15.0 Å². The van der Waals surface area contributed by atoms with Crippen LogP contribution in [0, 0.1) is 0 Å². The van der Waals surface area contributed by atoms with Crippen LogP contribution in [0.25, 0.3) is 0 Å². The first-order valence-corrected chi connectivity index (χ1v) is 7.54. The number of benzene rings is 1. The van der Waals surface area contributed by atoms with Gasteiger partial charge in [-0.15, -0.1) is 0 Å². The zero-order chi connectivity index (χ0) is 13.7. The van der Waals surface area contributed by atoms with Gasteiger partial charge in [0.1, 0.15) is 11.9 Å². The SMILES string of the molecule is CCN(CC)c1c(Cl)cccc1OC1CCNCC1. The van der Waals surface area contributed by atoms with Crippen LogP contribution < -0.4 is 15.0 Å². The van der Waals surface area contributed by atoms with Gasteiger partial charge in [0.05, 0.1) is 10.7 Å². The van der Waals surface area contributed by atoms with E-state index in [1.807, 2.05) is 18.2 Å². The average Bonchev–Trinajstić information content (AvgIpc) is 2.44. The normalized spacial score (nSPS) is 16.4. The first-order valence-electron chi connectivity index (χ1n) is 7.17. The predicted molar refractivity (Wildman–Crippen MR) is 81.5 cm³/mol. The van der Waals surface area contributed by atoms with Crippen LogP contribution in [0.1, 0.15) is 26.7 Å². The lowest BCUT2D eigenvalue weighted by atomic mass is 10.1. The highest BCUT2D eigenvalue weighted by Gasteiger charge is 2.19. The molecular weight excluding hydrogens is 260 g/mol. The van der Waals surface area contributed by atoms with E-state index in [1.54, 1.807) is 0 Å². The van der Waals surface area contributed by atoms with E-state index in [2.05, 4.69) is 24.1 Å². The van der Waals surface area contributed by atoms with Crippen LogP contribution in [0.2, 0.25) is 5.02 Å². The summed E-state index contributed by atoms with van der Waals surface area (Å²) in [4.78, 5) is 2.25. The summed E-state index contributed by atoms with van der Waals surface area (Å²) < 4.78 is 6.19. The molecule has 1 saturated heterocycles. The first kappa shape index (κ1) is 14.5. The molecule has 1 aromatic carbocycles. The third-order valence-electron chi connectivity index (χ3n) is 3.61. The van der Waals surface area contributed by atoms with Crippen LogP contribution in [-0.2, 0) is 0 Å². The lowest BCUT2D eigenvalue weighted by Gasteiger charge is -2.29. The Labute approximate surface area is 120 Å². The van der Waals surface area contributed by atoms with Crippen molar-refractivity contribution in [2.45, 2.75) is 32.8 Å². The minimum absolute atomic E-state index is 0.300. The number of ether oxygens (including phenoxy) is 1. The number of nitrogens with zero attached hydrogens (tertiary/aromatic N) is 1. The summed E-state index contributed by atoms with van der Waals surface area (Å²) in [6, 6.07) is 5.93. The maximum Gasteiger partial charge on any atom is 0.144 e. The fourth-order valence-corrected chi connectivity index (χ4v) is 2.82. The molecule has 0 saturated carbocycles. The first-order chi connectivity index (χ1) is 9.26. The molecule has 1 heterocycles. The molecule has 0 spiro atoms. The van der Waals surface area contributed by atoms with Crippen molar-refractivity contribution < 1.29 is 4.74 Å². The van der Waals surface area contributed by atoms with Crippen LogP contribution in [-0.4, -0.2) is 32.3 Å². The van der Waals surface area contributed by atoms with Crippen molar-refractivity contribution >= 4 is 17.3 Å². The Morgan fingerprint density at radius 1 is 1.26 bits per heavy atom. The quantitative estimate of drug-likeness (QED) is 0.897. The zero-order valence-corrected chi connectivity index (χ0v) is 12.5. The van der Waals surface area contributed by atoms with E-state index in [0.717, 1.165) is 55.5 Å². The molecular formula is C15H23ClN2O. The van der Waals surface area contributed by atoms with Crippen LogP contribution >= 0.6 is 11.6 Å². The van der Waals surface area contributed by atoms with Gasteiger partial charge in [-0.25, -0.2) is 0 Å². The molecule has 19 heavy (non-hydrogen) atoms. The fourth-order valence-electron chi connectivity index (χ4n) is 2.53. The second kappa shape index (κ2) is 7.01. The summed E-state index contributed by atoms with van der Waals surface area (Å²) in [5.41, 5.74) is 1.03. The summed E-state index contributed by atoms with van der Waals surface area (Å²) in [5.74, 6) is 0.920. The van der Waals surface area contributed by atoms with E-state index in [-0.39, 0.29) is 0 Å². The Morgan fingerprint density at radius 2 is 1.95 bits per heavy atom. The van der Waals surface area contributed by atoms with Crippen molar-refractivity contribution in [3.63, 3.8) is 0 Å². The summed E-state index contributed by atoms with van der Waals surface area (Å²) >= 11 is 6.37. The van der Waals surface area contributed by atoms with Gasteiger partial charge in [0.15, 0.2) is 0 Å². The zero-order valence-electron chi connectivity index (χ0n) is 11.8. The highest BCUT2D eigenvalue weighted by molar-refractivity contribution is 6.33. The largest absolute Gasteiger partial charge is 0.488 e. The molecule has 0 radical (unpaired) electrons. The molecule has 0 aromatic heterocycles. The van der Waals surface area contributed by atoms with Crippen LogP contribution in [0.5, 0.6) is 5.75 Å². The Balaban J connectivity index is 2.20. The molecule has 3 nitrogen and oxygen atoms in total. The second-order valence-electron chi connectivity index (χ2n) is 4.83.